The largest absolute Gasteiger partial charge is 0.477 e. The first-order valence-electron chi connectivity index (χ1n) is 7.22. The minimum Gasteiger partial charge on any atom is -0.477 e. The molecule has 8 nitrogen and oxygen atoms in total. The normalized spacial score (nSPS) is 9.48. The smallest absolute Gasteiger partial charge is 0.345 e. The van der Waals surface area contributed by atoms with Crippen LogP contribution in [0.3, 0.4) is 0 Å². The average Bonchev–Trinajstić information content (AvgIpc) is 3.04. The maximum absolute atomic E-state index is 11.2. The third-order valence-corrected chi connectivity index (χ3v) is 3.90. The lowest BCUT2D eigenvalue weighted by molar-refractivity contribution is -0.125. The zero-order valence-electron chi connectivity index (χ0n) is 13.6. The molecule has 0 aliphatic heterocycles. The number of nitrogens with two attached hydrogens (primary N) is 2. The topological polar surface area (TPSA) is 148 Å². The second-order valence-corrected chi connectivity index (χ2v) is 6.05. The molecule has 0 atom stereocenters. The second kappa shape index (κ2) is 9.93. The maximum atomic E-state index is 11.2. The number of aromatic carboxylic acids is 1. The molecule has 1 heterocycles. The first-order valence-corrected chi connectivity index (χ1v) is 8.04. The van der Waals surface area contributed by atoms with E-state index >= 15 is 0 Å². The molecular weight excluding hydrogens is 344 g/mol. The highest BCUT2D eigenvalue weighted by molar-refractivity contribution is 7.13. The summed E-state index contributed by atoms with van der Waals surface area (Å²) >= 11 is 1.11. The molecule has 0 aliphatic rings. The molecule has 0 saturated heterocycles. The minimum atomic E-state index is -0.981. The molecule has 0 spiro atoms. The number of thiophene rings is 1. The zero-order chi connectivity index (χ0) is 18.8. The molecule has 1 aromatic heterocycles. The van der Waals surface area contributed by atoms with Crippen molar-refractivity contribution in [2.24, 2.45) is 0 Å². The van der Waals surface area contributed by atoms with E-state index in [9.17, 15) is 14.4 Å². The van der Waals surface area contributed by atoms with E-state index in [-0.39, 0.29) is 29.8 Å². The van der Waals surface area contributed by atoms with Gasteiger partial charge in [-0.1, -0.05) is 12.1 Å². The number of carboxylic acids is 1. The Labute approximate surface area is 148 Å². The van der Waals surface area contributed by atoms with Crippen LogP contribution in [0.5, 0.6) is 0 Å². The number of carbonyl (C=O) groups excluding carboxylic acids is 2. The third kappa shape index (κ3) is 7.84. The number of hydrogen-bond acceptors (Lipinski definition) is 6. The molecule has 1 aromatic carbocycles. The number of carbonyl (C=O) groups is 3. The van der Waals surface area contributed by atoms with Crippen molar-refractivity contribution in [3.05, 3.63) is 46.2 Å². The molecule has 0 saturated carbocycles. The van der Waals surface area contributed by atoms with Crippen LogP contribution in [0, 0.1) is 0 Å². The van der Waals surface area contributed by atoms with Crippen LogP contribution in [-0.4, -0.2) is 29.4 Å². The Morgan fingerprint density at radius 2 is 1.64 bits per heavy atom. The molecule has 2 rings (SSSR count). The predicted molar refractivity (Wildman–Crippen MR) is 97.1 cm³/mol. The summed E-state index contributed by atoms with van der Waals surface area (Å²) in [6, 6.07) is 10.4. The molecule has 25 heavy (non-hydrogen) atoms. The first kappa shape index (κ1) is 20.0. The van der Waals surface area contributed by atoms with E-state index in [1.807, 2.05) is 12.1 Å². The van der Waals surface area contributed by atoms with Gasteiger partial charge >= 0.3 is 5.97 Å². The number of rotatable bonds is 5. The van der Waals surface area contributed by atoms with Gasteiger partial charge < -0.3 is 27.2 Å². The van der Waals surface area contributed by atoms with Crippen LogP contribution in [0.15, 0.2) is 36.4 Å². The fraction of sp³-hybridized carbons (Fsp3) is 0.188. The summed E-state index contributed by atoms with van der Waals surface area (Å²) in [6.07, 6.45) is 0. The van der Waals surface area contributed by atoms with Gasteiger partial charge in [0.1, 0.15) is 4.88 Å². The molecule has 0 unspecified atom stereocenters. The van der Waals surface area contributed by atoms with Crippen molar-refractivity contribution in [1.82, 2.24) is 10.6 Å². The number of anilines is 2. The number of amides is 2. The van der Waals surface area contributed by atoms with Gasteiger partial charge in [-0.05, 0) is 24.3 Å². The summed E-state index contributed by atoms with van der Waals surface area (Å²) in [6.45, 7) is 1.51. The summed E-state index contributed by atoms with van der Waals surface area (Å²) in [7, 11) is 0. The van der Waals surface area contributed by atoms with Crippen molar-refractivity contribution >= 4 is 40.5 Å². The number of carboxylic acid groups (broad SMARTS) is 1. The molecular formula is C16H20N4O4S. The summed E-state index contributed by atoms with van der Waals surface area (Å²) in [5.74, 6) is -1.57. The van der Waals surface area contributed by atoms with Crippen molar-refractivity contribution in [2.75, 3.05) is 18.0 Å². The summed E-state index contributed by atoms with van der Waals surface area (Å²) in [5, 5.41) is 13.6. The van der Waals surface area contributed by atoms with E-state index in [1.165, 1.54) is 13.0 Å². The summed E-state index contributed by atoms with van der Waals surface area (Å²) in [4.78, 5) is 33.4. The van der Waals surface area contributed by atoms with Crippen LogP contribution in [-0.2, 0) is 16.1 Å². The molecule has 134 valence electrons. The van der Waals surface area contributed by atoms with Crippen molar-refractivity contribution in [2.45, 2.75) is 13.5 Å². The van der Waals surface area contributed by atoms with E-state index in [0.717, 1.165) is 16.2 Å². The average molecular weight is 364 g/mol. The Hall–Kier alpha value is -3.07. The monoisotopic (exact) mass is 364 g/mol. The molecule has 0 aliphatic carbocycles. The molecule has 2 amide bonds. The van der Waals surface area contributed by atoms with E-state index < -0.39 is 5.97 Å². The van der Waals surface area contributed by atoms with E-state index in [0.29, 0.717) is 11.4 Å². The fourth-order valence-electron chi connectivity index (χ4n) is 1.55. The first-order chi connectivity index (χ1) is 11.8. The van der Waals surface area contributed by atoms with Gasteiger partial charge in [0.15, 0.2) is 0 Å². The van der Waals surface area contributed by atoms with Crippen LogP contribution in [0.25, 0.3) is 0 Å². The van der Waals surface area contributed by atoms with Crippen LogP contribution in [0.4, 0.5) is 11.4 Å². The van der Waals surface area contributed by atoms with Crippen molar-refractivity contribution in [1.29, 1.82) is 0 Å². The van der Waals surface area contributed by atoms with E-state index in [2.05, 4.69) is 10.6 Å². The highest BCUT2D eigenvalue weighted by Gasteiger charge is 2.08. The van der Waals surface area contributed by atoms with E-state index in [4.69, 9.17) is 16.6 Å². The fourth-order valence-corrected chi connectivity index (χ4v) is 2.34. The maximum Gasteiger partial charge on any atom is 0.345 e. The summed E-state index contributed by atoms with van der Waals surface area (Å²) < 4.78 is 0. The van der Waals surface area contributed by atoms with Crippen molar-refractivity contribution in [3.63, 3.8) is 0 Å². The van der Waals surface area contributed by atoms with Gasteiger partial charge in [-0.15, -0.1) is 11.3 Å². The Morgan fingerprint density at radius 1 is 1.04 bits per heavy atom. The Bertz CT molecular complexity index is 724. The molecule has 7 N–H and O–H groups in total. The number of hydrogen-bond donors (Lipinski definition) is 5. The molecule has 9 heteroatoms. The highest BCUT2D eigenvalue weighted by Crippen LogP contribution is 2.15. The lowest BCUT2D eigenvalue weighted by Crippen LogP contribution is -2.35. The van der Waals surface area contributed by atoms with Gasteiger partial charge in [-0.3, -0.25) is 9.59 Å². The van der Waals surface area contributed by atoms with Crippen LogP contribution in [0.1, 0.15) is 21.5 Å². The van der Waals surface area contributed by atoms with E-state index in [1.54, 1.807) is 18.2 Å². The third-order valence-electron chi connectivity index (χ3n) is 2.83. The van der Waals surface area contributed by atoms with Gasteiger partial charge in [-0.25, -0.2) is 4.79 Å². The van der Waals surface area contributed by atoms with Crippen molar-refractivity contribution < 1.29 is 19.5 Å². The lowest BCUT2D eigenvalue weighted by Gasteiger charge is -2.03. The van der Waals surface area contributed by atoms with Gasteiger partial charge in [0.25, 0.3) is 0 Å². The molecule has 0 radical (unpaired) electrons. The number of nitrogens with one attached hydrogen (secondary N) is 2. The Morgan fingerprint density at radius 3 is 2.08 bits per heavy atom. The predicted octanol–water partition coefficient (Wildman–Crippen LogP) is 1.05. The van der Waals surface area contributed by atoms with Gasteiger partial charge in [-0.2, -0.15) is 0 Å². The van der Waals surface area contributed by atoms with Gasteiger partial charge in [0, 0.05) is 11.8 Å². The molecule has 0 bridgehead atoms. The second-order valence-electron chi connectivity index (χ2n) is 4.89. The van der Waals surface area contributed by atoms with Crippen LogP contribution in [0.2, 0.25) is 0 Å². The zero-order valence-corrected chi connectivity index (χ0v) is 14.4. The van der Waals surface area contributed by atoms with Gasteiger partial charge in [0.05, 0.1) is 24.5 Å². The quantitative estimate of drug-likeness (QED) is 0.501. The Balaban J connectivity index is 0.000000324. The lowest BCUT2D eigenvalue weighted by atomic mass is 10.3. The van der Waals surface area contributed by atoms with Crippen LogP contribution >= 0.6 is 11.3 Å². The number of benzene rings is 1. The summed E-state index contributed by atoms with van der Waals surface area (Å²) in [5.41, 5.74) is 12.1. The van der Waals surface area contributed by atoms with Crippen molar-refractivity contribution in [3.8, 4) is 0 Å². The SMILES string of the molecule is CC(=O)NCC(=O)NCc1ccc(C(=O)O)s1.Nc1ccccc1N. The highest BCUT2D eigenvalue weighted by atomic mass is 32.1. The van der Waals surface area contributed by atoms with Crippen LogP contribution < -0.4 is 22.1 Å². The molecule has 2 aromatic rings. The Kier molecular flexibility index (Phi) is 7.94. The number of para-hydroxylation sites is 2. The standard InChI is InChI=1S/C10H12N2O4S.C6H8N2/c1-6(13)11-5-9(14)12-4-7-2-3-8(17-7)10(15)16;7-5-3-1-2-4-6(5)8/h2-3H,4-5H2,1H3,(H,11,13)(H,12,14)(H,15,16);1-4H,7-8H2. The number of nitrogen functional groups attached to an aromatic ring is 2. The minimum absolute atomic E-state index is 0.0769. The molecule has 0 fully saturated rings. The van der Waals surface area contributed by atoms with Gasteiger partial charge in [0.2, 0.25) is 11.8 Å².